The molecule has 0 aromatic heterocycles. The molecule has 20 heavy (non-hydrogen) atoms. The van der Waals surface area contributed by atoms with Crippen molar-refractivity contribution in [2.24, 2.45) is 0 Å². The molecule has 0 aliphatic carbocycles. The zero-order chi connectivity index (χ0) is 15.1. The summed E-state index contributed by atoms with van der Waals surface area (Å²) in [6, 6.07) is 0.873. The van der Waals surface area contributed by atoms with Gasteiger partial charge in [0.2, 0.25) is 0 Å². The molecule has 120 valence electrons. The lowest BCUT2D eigenvalue weighted by Crippen LogP contribution is -2.46. The van der Waals surface area contributed by atoms with Gasteiger partial charge in [0.25, 0.3) is 0 Å². The number of hydrogen-bond acceptors (Lipinski definition) is 5. The summed E-state index contributed by atoms with van der Waals surface area (Å²) < 4.78 is 17.4. The molecule has 0 saturated heterocycles. The van der Waals surface area contributed by atoms with Crippen LogP contribution >= 0.6 is 0 Å². The lowest BCUT2D eigenvalue weighted by molar-refractivity contribution is 0.0708. The third-order valence-corrected chi connectivity index (χ3v) is 5.81. The maximum atomic E-state index is 5.82. The van der Waals surface area contributed by atoms with Crippen LogP contribution < -0.4 is 10.6 Å². The Labute approximate surface area is 125 Å². The van der Waals surface area contributed by atoms with Crippen molar-refractivity contribution in [3.05, 3.63) is 12.3 Å². The van der Waals surface area contributed by atoms with Crippen molar-refractivity contribution < 1.29 is 13.3 Å². The van der Waals surface area contributed by atoms with Crippen molar-refractivity contribution in [1.29, 1.82) is 0 Å². The van der Waals surface area contributed by atoms with Crippen LogP contribution in [0.4, 0.5) is 0 Å². The second-order valence-corrected chi connectivity index (χ2v) is 7.02. The molecule has 0 fully saturated rings. The highest BCUT2D eigenvalue weighted by molar-refractivity contribution is 6.60. The van der Waals surface area contributed by atoms with Gasteiger partial charge in [-0.1, -0.05) is 6.08 Å². The summed E-state index contributed by atoms with van der Waals surface area (Å²) in [5, 5.41) is 6.60. The largest absolute Gasteiger partial charge is 0.500 e. The van der Waals surface area contributed by atoms with E-state index >= 15 is 0 Å². The second-order valence-electron chi connectivity index (χ2n) is 4.29. The number of allylic oxidation sites excluding steroid dienone is 1. The van der Waals surface area contributed by atoms with Gasteiger partial charge in [-0.15, -0.1) is 0 Å². The highest BCUT2D eigenvalue weighted by atomic mass is 28.4. The van der Waals surface area contributed by atoms with Crippen molar-refractivity contribution in [3.63, 3.8) is 0 Å². The van der Waals surface area contributed by atoms with Crippen LogP contribution in [0.2, 0.25) is 6.04 Å². The molecule has 0 atom stereocenters. The predicted molar refractivity (Wildman–Crippen MR) is 85.7 cm³/mol. The second kappa shape index (κ2) is 13.6. The molecule has 0 aromatic rings. The van der Waals surface area contributed by atoms with E-state index < -0.39 is 8.80 Å². The van der Waals surface area contributed by atoms with E-state index in [-0.39, 0.29) is 0 Å². The van der Waals surface area contributed by atoms with Crippen molar-refractivity contribution in [2.45, 2.75) is 40.2 Å². The predicted octanol–water partition coefficient (Wildman–Crippen LogP) is 2.14. The minimum atomic E-state index is -2.44. The quantitative estimate of drug-likeness (QED) is 0.380. The van der Waals surface area contributed by atoms with Gasteiger partial charge in [-0.05, 0) is 46.9 Å². The molecule has 0 amide bonds. The lowest BCUT2D eigenvalue weighted by Gasteiger charge is -2.28. The Morgan fingerprint density at radius 2 is 1.50 bits per heavy atom. The maximum Gasteiger partial charge on any atom is 0.500 e. The van der Waals surface area contributed by atoms with E-state index in [4.69, 9.17) is 13.3 Å². The van der Waals surface area contributed by atoms with Gasteiger partial charge in [-0.2, -0.15) is 0 Å². The molecule has 5 nitrogen and oxygen atoms in total. The van der Waals surface area contributed by atoms with Crippen molar-refractivity contribution in [1.82, 2.24) is 10.6 Å². The zero-order valence-corrected chi connectivity index (χ0v) is 14.5. The fourth-order valence-corrected chi connectivity index (χ4v) is 4.53. The van der Waals surface area contributed by atoms with E-state index in [1.165, 1.54) is 0 Å². The molecule has 0 bridgehead atoms. The topological polar surface area (TPSA) is 51.8 Å². The number of hydrogen-bond donors (Lipinski definition) is 2. The van der Waals surface area contributed by atoms with Gasteiger partial charge in [0.05, 0.1) is 0 Å². The number of nitrogens with one attached hydrogen (secondary N) is 2. The van der Waals surface area contributed by atoms with Gasteiger partial charge in [0.15, 0.2) is 0 Å². The van der Waals surface area contributed by atoms with Crippen LogP contribution in [-0.4, -0.2) is 48.3 Å². The summed E-state index contributed by atoms with van der Waals surface area (Å²) >= 11 is 0. The molecule has 6 heteroatoms. The van der Waals surface area contributed by atoms with E-state index in [1.807, 2.05) is 40.0 Å². The molecular formula is C14H32N2O3Si. The average Bonchev–Trinajstić information content (AvgIpc) is 2.43. The Bertz CT molecular complexity index is 223. The molecule has 0 unspecified atom stereocenters. The summed E-state index contributed by atoms with van der Waals surface area (Å²) in [7, 11) is -2.44. The van der Waals surface area contributed by atoms with Crippen molar-refractivity contribution in [3.8, 4) is 0 Å². The molecule has 0 aliphatic rings. The Kier molecular flexibility index (Phi) is 13.3. The van der Waals surface area contributed by atoms with Crippen LogP contribution in [0.15, 0.2) is 12.3 Å². The Balaban J connectivity index is 3.88. The van der Waals surface area contributed by atoms with Crippen LogP contribution in [0.1, 0.15) is 34.1 Å². The normalized spacial score (nSPS) is 12.2. The summed E-state index contributed by atoms with van der Waals surface area (Å²) in [5.41, 5.74) is 0. The molecule has 0 spiro atoms. The first kappa shape index (κ1) is 19.6. The highest BCUT2D eigenvalue weighted by Crippen LogP contribution is 2.17. The third kappa shape index (κ3) is 9.49. The standard InChI is InChI=1S/C14H32N2O3Si/c1-5-10-15-12-13-16-11-9-14-20(17-6-2,18-7-3)19-8-4/h5,10,15-16H,6-9,11-14H2,1-4H3/b10-5+. The zero-order valence-electron chi connectivity index (χ0n) is 13.5. The SMILES string of the molecule is C/C=C/NCCNCCC[Si](OCC)(OCC)OCC. The van der Waals surface area contributed by atoms with Crippen LogP contribution in [0.25, 0.3) is 0 Å². The fourth-order valence-electron chi connectivity index (χ4n) is 1.92. The first-order chi connectivity index (χ1) is 9.74. The molecule has 2 N–H and O–H groups in total. The van der Waals surface area contributed by atoms with E-state index in [9.17, 15) is 0 Å². The molecular weight excluding hydrogens is 272 g/mol. The van der Waals surface area contributed by atoms with E-state index in [0.717, 1.165) is 32.1 Å². The Hall–Kier alpha value is -0.403. The molecule has 0 aromatic carbocycles. The minimum absolute atomic E-state index is 0.646. The van der Waals surface area contributed by atoms with Crippen LogP contribution in [0.5, 0.6) is 0 Å². The average molecular weight is 305 g/mol. The Morgan fingerprint density at radius 1 is 0.900 bits per heavy atom. The molecule has 0 radical (unpaired) electrons. The molecule has 0 heterocycles. The van der Waals surface area contributed by atoms with Crippen molar-refractivity contribution in [2.75, 3.05) is 39.5 Å². The smallest absolute Gasteiger partial charge is 0.390 e. The third-order valence-electron chi connectivity index (χ3n) is 2.66. The summed E-state index contributed by atoms with van der Waals surface area (Å²) in [5.74, 6) is 0. The van der Waals surface area contributed by atoms with Gasteiger partial charge in [-0.3, -0.25) is 0 Å². The van der Waals surface area contributed by atoms with E-state index in [1.54, 1.807) is 0 Å². The molecule has 0 aliphatic heterocycles. The van der Waals surface area contributed by atoms with Gasteiger partial charge >= 0.3 is 8.80 Å². The van der Waals surface area contributed by atoms with Gasteiger partial charge in [0.1, 0.15) is 0 Å². The van der Waals surface area contributed by atoms with Crippen molar-refractivity contribution >= 4 is 8.80 Å². The van der Waals surface area contributed by atoms with Crippen LogP contribution in [0.3, 0.4) is 0 Å². The minimum Gasteiger partial charge on any atom is -0.390 e. The van der Waals surface area contributed by atoms with Gasteiger partial charge in [-0.25, -0.2) is 0 Å². The first-order valence-corrected chi connectivity index (χ1v) is 9.65. The molecule has 0 rings (SSSR count). The van der Waals surface area contributed by atoms with Crippen LogP contribution in [0, 0.1) is 0 Å². The summed E-state index contributed by atoms with van der Waals surface area (Å²) in [6.07, 6.45) is 4.96. The molecule has 0 saturated carbocycles. The van der Waals surface area contributed by atoms with E-state index in [2.05, 4.69) is 10.6 Å². The number of rotatable bonds is 14. The van der Waals surface area contributed by atoms with E-state index in [0.29, 0.717) is 19.8 Å². The van der Waals surface area contributed by atoms with Crippen LogP contribution in [-0.2, 0) is 13.3 Å². The lowest BCUT2D eigenvalue weighted by atomic mass is 10.4. The first-order valence-electron chi connectivity index (χ1n) is 7.71. The summed E-state index contributed by atoms with van der Waals surface area (Å²) in [6.45, 7) is 12.8. The highest BCUT2D eigenvalue weighted by Gasteiger charge is 2.39. The van der Waals surface area contributed by atoms with Gasteiger partial charge < -0.3 is 23.9 Å². The maximum absolute atomic E-state index is 5.82. The van der Waals surface area contributed by atoms with Gasteiger partial charge in [0, 0.05) is 39.0 Å². The summed E-state index contributed by atoms with van der Waals surface area (Å²) in [4.78, 5) is 0. The fraction of sp³-hybridized carbons (Fsp3) is 0.857. The monoisotopic (exact) mass is 304 g/mol. The Morgan fingerprint density at radius 3 is 2.00 bits per heavy atom.